The SMILES string of the molecule is CC1(N(c2ccc(-c3ccc(N(C4=CCCCC4)C4CCC5C6CCC=CC6N(c6ccccc6)[C@H]5C4)cc3)c3ccccc23)C2CCC=CC2C2C=CC=CC2)C=CC=CC1. The highest BCUT2D eigenvalue weighted by molar-refractivity contribution is 6.04. The molecule has 6 aliphatic carbocycles. The molecule has 11 rings (SSSR count). The Kier molecular flexibility index (Phi) is 10.9. The van der Waals surface area contributed by atoms with Crippen molar-refractivity contribution < 1.29 is 0 Å². The average Bonchev–Trinajstić information content (AvgIpc) is 3.67. The van der Waals surface area contributed by atoms with Crippen LogP contribution in [0.4, 0.5) is 17.1 Å². The summed E-state index contributed by atoms with van der Waals surface area (Å²) < 4.78 is 0. The fourth-order valence-electron chi connectivity index (χ4n) is 13.4. The molecule has 0 bridgehead atoms. The summed E-state index contributed by atoms with van der Waals surface area (Å²) in [6.45, 7) is 2.47. The van der Waals surface area contributed by atoms with Crippen molar-refractivity contribution in [3.05, 3.63) is 176 Å². The lowest BCUT2D eigenvalue weighted by atomic mass is 9.73. The van der Waals surface area contributed by atoms with Gasteiger partial charge in [0.2, 0.25) is 0 Å². The number of nitrogens with zero attached hydrogens (tertiary/aromatic N) is 3. The van der Waals surface area contributed by atoms with Crippen LogP contribution in [0.5, 0.6) is 0 Å². The van der Waals surface area contributed by atoms with Gasteiger partial charge in [-0.25, -0.2) is 0 Å². The van der Waals surface area contributed by atoms with Crippen molar-refractivity contribution in [2.45, 2.75) is 120 Å². The molecule has 0 radical (unpaired) electrons. The van der Waals surface area contributed by atoms with E-state index in [1.165, 1.54) is 96.7 Å². The number of anilines is 3. The highest BCUT2D eigenvalue weighted by atomic mass is 15.3. The maximum absolute atomic E-state index is 2.85. The molecule has 2 fully saturated rings. The maximum atomic E-state index is 2.85. The van der Waals surface area contributed by atoms with Crippen LogP contribution >= 0.6 is 0 Å². The van der Waals surface area contributed by atoms with E-state index >= 15 is 0 Å². The van der Waals surface area contributed by atoms with E-state index < -0.39 is 0 Å². The van der Waals surface area contributed by atoms with Gasteiger partial charge >= 0.3 is 0 Å². The van der Waals surface area contributed by atoms with Gasteiger partial charge in [0, 0.05) is 52.2 Å². The van der Waals surface area contributed by atoms with Crippen LogP contribution in [0.15, 0.2) is 176 Å². The minimum Gasteiger partial charge on any atom is -0.361 e. The molecule has 3 nitrogen and oxygen atoms in total. The van der Waals surface area contributed by atoms with E-state index in [1.54, 1.807) is 5.70 Å². The van der Waals surface area contributed by atoms with Crippen LogP contribution in [0.3, 0.4) is 0 Å². The van der Waals surface area contributed by atoms with Gasteiger partial charge in [0.15, 0.2) is 0 Å². The fourth-order valence-corrected chi connectivity index (χ4v) is 13.4. The molecule has 7 aliphatic rings. The summed E-state index contributed by atoms with van der Waals surface area (Å²) in [5.41, 5.74) is 8.20. The van der Waals surface area contributed by atoms with Gasteiger partial charge in [-0.2, -0.15) is 0 Å². The van der Waals surface area contributed by atoms with E-state index in [1.807, 2.05) is 0 Å². The quantitative estimate of drug-likeness (QED) is 0.156. The minimum absolute atomic E-state index is 0.120. The van der Waals surface area contributed by atoms with Crippen molar-refractivity contribution >= 4 is 27.8 Å². The van der Waals surface area contributed by atoms with Crippen LogP contribution in [0, 0.1) is 23.7 Å². The Morgan fingerprint density at radius 1 is 0.661 bits per heavy atom. The number of rotatable bonds is 9. The zero-order chi connectivity index (χ0) is 41.5. The normalized spacial score (nSPS) is 31.2. The van der Waals surface area contributed by atoms with Gasteiger partial charge in [-0.1, -0.05) is 140 Å². The third kappa shape index (κ3) is 7.24. The minimum atomic E-state index is -0.120. The summed E-state index contributed by atoms with van der Waals surface area (Å²) in [4.78, 5) is 8.51. The molecular weight excluding hydrogens is 751 g/mol. The summed E-state index contributed by atoms with van der Waals surface area (Å²) in [7, 11) is 0. The molecule has 1 heterocycles. The van der Waals surface area contributed by atoms with Crippen molar-refractivity contribution in [1.82, 2.24) is 0 Å². The first-order valence-corrected chi connectivity index (χ1v) is 24.4. The van der Waals surface area contributed by atoms with E-state index in [0.717, 1.165) is 37.5 Å². The first-order chi connectivity index (χ1) is 30.6. The second-order valence-corrected chi connectivity index (χ2v) is 19.7. The highest BCUT2D eigenvalue weighted by Gasteiger charge is 2.51. The fraction of sp³-hybridized carbons (Fsp3) is 0.390. The van der Waals surface area contributed by atoms with Crippen LogP contribution in [0.1, 0.15) is 90.4 Å². The van der Waals surface area contributed by atoms with Crippen molar-refractivity contribution in [2.75, 3.05) is 14.7 Å². The van der Waals surface area contributed by atoms with Gasteiger partial charge in [-0.05, 0) is 155 Å². The molecule has 9 atom stereocenters. The van der Waals surface area contributed by atoms with Gasteiger partial charge < -0.3 is 14.7 Å². The smallest absolute Gasteiger partial charge is 0.0597 e. The van der Waals surface area contributed by atoms with Crippen LogP contribution in [0.2, 0.25) is 0 Å². The Bertz CT molecular complexity index is 2450. The molecule has 62 heavy (non-hydrogen) atoms. The first-order valence-electron chi connectivity index (χ1n) is 24.4. The second-order valence-electron chi connectivity index (χ2n) is 19.7. The standard InChI is InChI=1S/C59H65N3/c1-59(40-18-5-19-41-59)62(56-31-17-14-26-50(56)43-20-6-2-7-21-43)57-39-38-49(51-27-12-13-28-52(51)57)44-32-34-47(35-33-44)60(45-22-8-3-9-23-45)48-36-37-54-53-29-15-16-30-55(53)61(58(54)42-48)46-24-10-4-11-25-46/h2,4-7,10-14,16,18-20,22,24-28,30,32-35,38-40,43,48,50,53-56,58H,3,8-9,15,17,21,23,29,31,36-37,41-42H2,1H3/t43?,48?,50?,53?,54?,55?,56?,58-,59?/m0/s1. The number of hydrogen-bond acceptors (Lipinski definition) is 3. The Morgan fingerprint density at radius 2 is 1.48 bits per heavy atom. The van der Waals surface area contributed by atoms with Crippen molar-refractivity contribution in [3.63, 3.8) is 0 Å². The van der Waals surface area contributed by atoms with E-state index in [-0.39, 0.29) is 5.54 Å². The van der Waals surface area contributed by atoms with Crippen LogP contribution in [-0.2, 0) is 0 Å². The van der Waals surface area contributed by atoms with Crippen molar-refractivity contribution in [2.24, 2.45) is 23.7 Å². The lowest BCUT2D eigenvalue weighted by molar-refractivity contribution is 0.243. The van der Waals surface area contributed by atoms with Gasteiger partial charge in [0.25, 0.3) is 0 Å². The zero-order valence-electron chi connectivity index (χ0n) is 36.8. The molecule has 0 aromatic heterocycles. The van der Waals surface area contributed by atoms with Crippen molar-refractivity contribution in [3.8, 4) is 11.1 Å². The second kappa shape index (κ2) is 17.1. The van der Waals surface area contributed by atoms with Gasteiger partial charge in [0.1, 0.15) is 0 Å². The Labute approximate surface area is 371 Å². The summed E-state index contributed by atoms with van der Waals surface area (Å²) >= 11 is 0. The van der Waals surface area contributed by atoms with Crippen LogP contribution in [0.25, 0.3) is 21.9 Å². The number of allylic oxidation sites excluding steroid dienone is 10. The third-order valence-electron chi connectivity index (χ3n) is 16.2. The van der Waals surface area contributed by atoms with Crippen molar-refractivity contribution in [1.29, 1.82) is 0 Å². The van der Waals surface area contributed by atoms with E-state index in [9.17, 15) is 0 Å². The predicted molar refractivity (Wildman–Crippen MR) is 264 cm³/mol. The molecular formula is C59H65N3. The molecule has 1 saturated heterocycles. The molecule has 316 valence electrons. The molecule has 3 heteroatoms. The predicted octanol–water partition coefficient (Wildman–Crippen LogP) is 14.7. The number of benzene rings is 4. The van der Waals surface area contributed by atoms with E-state index in [2.05, 4.69) is 192 Å². The summed E-state index contributed by atoms with van der Waals surface area (Å²) in [6, 6.07) is 37.3. The Morgan fingerprint density at radius 3 is 2.29 bits per heavy atom. The first kappa shape index (κ1) is 39.6. The highest BCUT2D eigenvalue weighted by Crippen LogP contribution is 2.51. The molecule has 4 aromatic carbocycles. The Balaban J connectivity index is 0.937. The lowest BCUT2D eigenvalue weighted by Crippen LogP contribution is -2.55. The summed E-state index contributed by atoms with van der Waals surface area (Å²) in [6.07, 6.45) is 47.0. The molecule has 0 amide bonds. The van der Waals surface area contributed by atoms with E-state index in [0.29, 0.717) is 36.0 Å². The number of fused-ring (bicyclic) bond motifs is 4. The molecule has 1 saturated carbocycles. The maximum Gasteiger partial charge on any atom is 0.0597 e. The van der Waals surface area contributed by atoms with Gasteiger partial charge in [-0.15, -0.1) is 0 Å². The molecule has 0 N–H and O–H groups in total. The van der Waals surface area contributed by atoms with Crippen LogP contribution < -0.4 is 14.7 Å². The largest absolute Gasteiger partial charge is 0.361 e. The van der Waals surface area contributed by atoms with Gasteiger partial charge in [0.05, 0.1) is 11.6 Å². The monoisotopic (exact) mass is 816 g/mol. The van der Waals surface area contributed by atoms with Gasteiger partial charge in [-0.3, -0.25) is 0 Å². The topological polar surface area (TPSA) is 9.72 Å². The molecule has 1 aliphatic heterocycles. The van der Waals surface area contributed by atoms with E-state index in [4.69, 9.17) is 0 Å². The Hall–Kier alpha value is -5.28. The summed E-state index contributed by atoms with van der Waals surface area (Å²) in [5.74, 6) is 2.52. The lowest BCUT2D eigenvalue weighted by Gasteiger charge is -2.51. The zero-order valence-corrected chi connectivity index (χ0v) is 36.8. The molecule has 8 unspecified atom stereocenters. The number of hydrogen-bond donors (Lipinski definition) is 0. The average molecular weight is 816 g/mol. The van der Waals surface area contributed by atoms with Crippen LogP contribution in [-0.4, -0.2) is 29.7 Å². The number of para-hydroxylation sites is 1. The molecule has 0 spiro atoms. The third-order valence-corrected chi connectivity index (χ3v) is 16.2. The molecule has 4 aromatic rings. The summed E-state index contributed by atoms with van der Waals surface area (Å²) in [5, 5.41) is 2.69.